The van der Waals surface area contributed by atoms with E-state index in [9.17, 15) is 9.59 Å². The van der Waals surface area contributed by atoms with Gasteiger partial charge in [0.05, 0.1) is 18.5 Å². The van der Waals surface area contributed by atoms with Gasteiger partial charge >= 0.3 is 0 Å². The molecule has 2 aliphatic heterocycles. The smallest absolute Gasteiger partial charge is 0.234 e. The van der Waals surface area contributed by atoms with Crippen molar-refractivity contribution in [1.29, 1.82) is 0 Å². The Labute approximate surface area is 133 Å². The maximum absolute atomic E-state index is 10.4. The monoisotopic (exact) mass is 368 g/mol. The molecule has 124 valence electrons. The first-order chi connectivity index (χ1) is 10.1. The minimum Gasteiger partial charge on any atom is -0.369 e. The van der Waals surface area contributed by atoms with E-state index in [1.54, 1.807) is 5.06 Å². The van der Waals surface area contributed by atoms with Gasteiger partial charge in [-0.05, 0) is 25.7 Å². The van der Waals surface area contributed by atoms with Gasteiger partial charge in [-0.25, -0.2) is 5.48 Å². The number of carbonyl (C=O) groups excluding carboxylic acids is 2. The summed E-state index contributed by atoms with van der Waals surface area (Å²) in [5, 5.41) is 1.87. The second kappa shape index (κ2) is 14.2. The number of hydroxylamine groups is 3. The van der Waals surface area contributed by atoms with Gasteiger partial charge in [-0.3, -0.25) is 14.4 Å². The Morgan fingerprint density at radius 3 is 2.05 bits per heavy atom. The Kier molecular flexibility index (Phi) is 13.7. The van der Waals surface area contributed by atoms with Gasteiger partial charge < -0.3 is 16.3 Å². The van der Waals surface area contributed by atoms with Crippen LogP contribution in [0.5, 0.6) is 0 Å². The van der Waals surface area contributed by atoms with Gasteiger partial charge in [0, 0.05) is 13.1 Å². The molecule has 0 aromatic rings. The van der Waals surface area contributed by atoms with Gasteiger partial charge in [0.1, 0.15) is 6.54 Å². The second-order valence-electron chi connectivity index (χ2n) is 4.42. The number of alkyl halides is 1. The molecular weight excluding hydrogens is 344 g/mol. The van der Waals surface area contributed by atoms with Crippen molar-refractivity contribution in [2.24, 2.45) is 11.5 Å². The Bertz CT molecular complexity index is 273. The van der Waals surface area contributed by atoms with Gasteiger partial charge in [-0.1, -0.05) is 15.9 Å². The highest BCUT2D eigenvalue weighted by atomic mass is 79.9. The predicted octanol–water partition coefficient (Wildman–Crippen LogP) is -0.333. The van der Waals surface area contributed by atoms with Crippen molar-refractivity contribution in [2.45, 2.75) is 25.7 Å². The fraction of sp³-hybridized carbons (Fsp3) is 0.833. The van der Waals surface area contributed by atoms with E-state index in [0.717, 1.165) is 32.5 Å². The van der Waals surface area contributed by atoms with Gasteiger partial charge in [0.2, 0.25) is 11.8 Å². The number of nitrogens with one attached hydrogen (secondary N) is 1. The summed E-state index contributed by atoms with van der Waals surface area (Å²) in [4.78, 5) is 29.9. The van der Waals surface area contributed by atoms with Gasteiger partial charge in [-0.15, -0.1) is 0 Å². The quantitative estimate of drug-likeness (QED) is 0.586. The molecule has 0 unspecified atom stereocenters. The number of nitrogens with zero attached hydrogens (tertiary/aromatic N) is 1. The largest absolute Gasteiger partial charge is 0.369 e. The highest BCUT2D eigenvalue weighted by molar-refractivity contribution is 9.09. The summed E-state index contributed by atoms with van der Waals surface area (Å²) in [5.41, 5.74) is 12.4. The molecule has 0 radical (unpaired) electrons. The van der Waals surface area contributed by atoms with Crippen LogP contribution >= 0.6 is 15.9 Å². The van der Waals surface area contributed by atoms with Crippen LogP contribution in [0.1, 0.15) is 25.7 Å². The van der Waals surface area contributed by atoms with E-state index >= 15 is 0 Å². The van der Waals surface area contributed by atoms with Crippen LogP contribution in [0.25, 0.3) is 0 Å². The SMILES string of the molecule is C1CCONC1.NC(=O)CBr.NC(=O)CN1CCCCO1. The van der Waals surface area contributed by atoms with Gasteiger partial charge in [0.25, 0.3) is 0 Å². The average Bonchev–Trinajstić information content (AvgIpc) is 2.50. The van der Waals surface area contributed by atoms with Crippen molar-refractivity contribution in [3.8, 4) is 0 Å². The number of nitrogens with two attached hydrogens (primary N) is 2. The van der Waals surface area contributed by atoms with Crippen molar-refractivity contribution in [1.82, 2.24) is 10.5 Å². The zero-order chi connectivity index (χ0) is 15.9. The van der Waals surface area contributed by atoms with E-state index in [1.165, 1.54) is 12.8 Å². The predicted molar refractivity (Wildman–Crippen MR) is 82.1 cm³/mol. The van der Waals surface area contributed by atoms with Gasteiger partial charge in [0.15, 0.2) is 0 Å². The average molecular weight is 369 g/mol. The highest BCUT2D eigenvalue weighted by Gasteiger charge is 2.11. The van der Waals surface area contributed by atoms with Crippen LogP contribution in [0.2, 0.25) is 0 Å². The van der Waals surface area contributed by atoms with Gasteiger partial charge in [-0.2, -0.15) is 5.06 Å². The fourth-order valence-electron chi connectivity index (χ4n) is 1.46. The number of amides is 2. The number of halogens is 1. The minimum absolute atomic E-state index is 0.222. The summed E-state index contributed by atoms with van der Waals surface area (Å²) >= 11 is 2.84. The molecule has 9 heteroatoms. The van der Waals surface area contributed by atoms with Crippen molar-refractivity contribution in [2.75, 3.05) is 38.2 Å². The van der Waals surface area contributed by atoms with Crippen LogP contribution in [0.15, 0.2) is 0 Å². The third kappa shape index (κ3) is 15.5. The van der Waals surface area contributed by atoms with Crippen LogP contribution in [0, 0.1) is 0 Å². The van der Waals surface area contributed by atoms with E-state index in [2.05, 4.69) is 27.1 Å². The summed E-state index contributed by atoms with van der Waals surface area (Å²) in [5.74, 6) is -0.660. The maximum Gasteiger partial charge on any atom is 0.234 e. The minimum atomic E-state index is -0.332. The summed E-state index contributed by atoms with van der Waals surface area (Å²) in [6.45, 7) is 3.68. The molecule has 0 atom stereocenters. The number of hydrogen-bond acceptors (Lipinski definition) is 6. The molecule has 2 rings (SSSR count). The van der Waals surface area contributed by atoms with E-state index in [-0.39, 0.29) is 23.7 Å². The normalized spacial score (nSPS) is 18.5. The van der Waals surface area contributed by atoms with E-state index < -0.39 is 0 Å². The lowest BCUT2D eigenvalue weighted by molar-refractivity contribution is -0.182. The van der Waals surface area contributed by atoms with Crippen LogP contribution in [0.3, 0.4) is 0 Å². The molecule has 5 N–H and O–H groups in total. The van der Waals surface area contributed by atoms with E-state index in [0.29, 0.717) is 6.61 Å². The molecular formula is C12H25BrN4O4. The maximum atomic E-state index is 10.4. The van der Waals surface area contributed by atoms with E-state index in [4.69, 9.17) is 15.4 Å². The first-order valence-corrected chi connectivity index (χ1v) is 8.03. The van der Waals surface area contributed by atoms with Crippen LogP contribution in [0.4, 0.5) is 0 Å². The molecule has 0 saturated carbocycles. The third-order valence-electron chi connectivity index (χ3n) is 2.42. The molecule has 0 bridgehead atoms. The molecule has 2 saturated heterocycles. The Morgan fingerprint density at radius 1 is 1.10 bits per heavy atom. The van der Waals surface area contributed by atoms with Crippen LogP contribution in [-0.4, -0.2) is 55.1 Å². The number of hydrogen-bond donors (Lipinski definition) is 3. The molecule has 8 nitrogen and oxygen atoms in total. The zero-order valence-electron chi connectivity index (χ0n) is 12.2. The van der Waals surface area contributed by atoms with Crippen molar-refractivity contribution < 1.29 is 19.3 Å². The lowest BCUT2D eigenvalue weighted by Gasteiger charge is -2.24. The molecule has 0 aromatic heterocycles. The molecule has 2 heterocycles. The van der Waals surface area contributed by atoms with Crippen molar-refractivity contribution in [3.63, 3.8) is 0 Å². The highest BCUT2D eigenvalue weighted by Crippen LogP contribution is 2.03. The fourth-order valence-corrected chi connectivity index (χ4v) is 1.46. The third-order valence-corrected chi connectivity index (χ3v) is 2.97. The lowest BCUT2D eigenvalue weighted by Crippen LogP contribution is -2.37. The lowest BCUT2D eigenvalue weighted by atomic mass is 10.3. The molecule has 2 amide bonds. The van der Waals surface area contributed by atoms with Crippen molar-refractivity contribution >= 4 is 27.7 Å². The summed E-state index contributed by atoms with van der Waals surface area (Å²) < 4.78 is 0. The standard InChI is InChI=1S/C6H12N2O2.C4H9NO.C2H4BrNO/c7-6(9)5-8-3-1-2-4-10-8;1-2-4-6-5-3-1;3-1-2(4)5/h1-5H2,(H2,7,9);5H,1-4H2;1H2,(H2,4,5). The second-order valence-corrected chi connectivity index (χ2v) is 4.98. The summed E-state index contributed by atoms with van der Waals surface area (Å²) in [6, 6.07) is 0. The first-order valence-electron chi connectivity index (χ1n) is 6.91. The molecule has 2 aliphatic rings. The number of carbonyl (C=O) groups is 2. The van der Waals surface area contributed by atoms with Crippen molar-refractivity contribution in [3.05, 3.63) is 0 Å². The number of rotatable bonds is 3. The molecule has 0 aliphatic carbocycles. The first kappa shape index (κ1) is 20.3. The summed E-state index contributed by atoms with van der Waals surface area (Å²) in [7, 11) is 0. The topological polar surface area (TPSA) is 120 Å². The van der Waals surface area contributed by atoms with E-state index in [1.807, 2.05) is 0 Å². The molecule has 0 spiro atoms. The Hall–Kier alpha value is -0.740. The molecule has 2 fully saturated rings. The van der Waals surface area contributed by atoms with Crippen LogP contribution in [-0.2, 0) is 19.3 Å². The van der Waals surface area contributed by atoms with Crippen LogP contribution < -0.4 is 16.9 Å². The zero-order valence-corrected chi connectivity index (χ0v) is 13.8. The Morgan fingerprint density at radius 2 is 1.76 bits per heavy atom. The molecule has 21 heavy (non-hydrogen) atoms. The Balaban J connectivity index is 0.000000312. The summed E-state index contributed by atoms with van der Waals surface area (Å²) in [6.07, 6.45) is 4.65. The molecule has 0 aromatic carbocycles. The number of primary amides is 2.